The Morgan fingerprint density at radius 2 is 2.05 bits per heavy atom. The highest BCUT2D eigenvalue weighted by atomic mass is 19.3. The molecule has 0 saturated heterocycles. The van der Waals surface area contributed by atoms with Crippen LogP contribution in [-0.2, 0) is 11.3 Å². The molecule has 0 spiro atoms. The Bertz CT molecular complexity index is 502. The van der Waals surface area contributed by atoms with Crippen LogP contribution in [-0.4, -0.2) is 29.9 Å². The summed E-state index contributed by atoms with van der Waals surface area (Å²) >= 11 is 0. The lowest BCUT2D eigenvalue weighted by Crippen LogP contribution is -2.46. The minimum atomic E-state index is -2.69. The maximum atomic E-state index is 13.0. The number of nitrogens with zero attached hydrogens (tertiary/aromatic N) is 1. The summed E-state index contributed by atoms with van der Waals surface area (Å²) in [5.74, 6) is 0.171. The van der Waals surface area contributed by atoms with Crippen molar-refractivity contribution in [3.8, 4) is 5.75 Å². The van der Waals surface area contributed by atoms with Crippen LogP contribution in [0.1, 0.15) is 26.3 Å². The highest BCUT2D eigenvalue weighted by molar-refractivity contribution is 5.82. The van der Waals surface area contributed by atoms with Crippen molar-refractivity contribution in [2.24, 2.45) is 5.41 Å². The van der Waals surface area contributed by atoms with E-state index >= 15 is 0 Å². The molecule has 1 heterocycles. The standard InChI is InChI=1S/C15H19F2NO2/c1-10-8-18(14(19)15(2,3)13(16)17)9-11-6-4-5-7-12(11)20-10/h4-7,10,13H,8-9H2,1-3H3/t10-/m0/s1. The number of carbonyl (C=O) groups excluding carboxylic acids is 1. The lowest BCUT2D eigenvalue weighted by molar-refractivity contribution is -0.150. The second-order valence-corrected chi connectivity index (χ2v) is 5.74. The van der Waals surface area contributed by atoms with E-state index in [1.54, 1.807) is 0 Å². The van der Waals surface area contributed by atoms with Crippen LogP contribution in [0.5, 0.6) is 5.75 Å². The Morgan fingerprint density at radius 1 is 1.40 bits per heavy atom. The van der Waals surface area contributed by atoms with Gasteiger partial charge in [0, 0.05) is 12.1 Å². The molecule has 0 saturated carbocycles. The van der Waals surface area contributed by atoms with Gasteiger partial charge in [0.2, 0.25) is 5.91 Å². The van der Waals surface area contributed by atoms with E-state index in [2.05, 4.69) is 0 Å². The number of ether oxygens (including phenoxy) is 1. The van der Waals surface area contributed by atoms with Crippen LogP contribution in [0.4, 0.5) is 8.78 Å². The maximum Gasteiger partial charge on any atom is 0.252 e. The molecule has 20 heavy (non-hydrogen) atoms. The number of hydrogen-bond acceptors (Lipinski definition) is 2. The van der Waals surface area contributed by atoms with E-state index in [4.69, 9.17) is 4.74 Å². The zero-order chi connectivity index (χ0) is 14.9. The van der Waals surface area contributed by atoms with Gasteiger partial charge in [-0.2, -0.15) is 0 Å². The third kappa shape index (κ3) is 2.76. The molecule has 1 aromatic rings. The molecule has 5 heteroatoms. The van der Waals surface area contributed by atoms with E-state index in [0.717, 1.165) is 5.56 Å². The van der Waals surface area contributed by atoms with Gasteiger partial charge >= 0.3 is 0 Å². The molecule has 0 radical (unpaired) electrons. The lowest BCUT2D eigenvalue weighted by Gasteiger charge is -2.31. The summed E-state index contributed by atoms with van der Waals surface area (Å²) in [6, 6.07) is 7.38. The average Bonchev–Trinajstić information content (AvgIpc) is 2.55. The second kappa shape index (κ2) is 5.38. The Labute approximate surface area is 117 Å². The number of halogens is 2. The lowest BCUT2D eigenvalue weighted by atomic mass is 9.92. The minimum Gasteiger partial charge on any atom is -0.489 e. The van der Waals surface area contributed by atoms with Crippen molar-refractivity contribution in [2.75, 3.05) is 6.54 Å². The average molecular weight is 283 g/mol. The smallest absolute Gasteiger partial charge is 0.252 e. The fourth-order valence-electron chi connectivity index (χ4n) is 2.24. The fourth-order valence-corrected chi connectivity index (χ4v) is 2.24. The molecule has 0 N–H and O–H groups in total. The summed E-state index contributed by atoms with van der Waals surface area (Å²) in [5.41, 5.74) is -0.839. The van der Waals surface area contributed by atoms with Gasteiger partial charge in [-0.3, -0.25) is 4.79 Å². The molecule has 0 bridgehead atoms. The van der Waals surface area contributed by atoms with Crippen LogP contribution in [0.2, 0.25) is 0 Å². The molecule has 1 amide bonds. The third-order valence-electron chi connectivity index (χ3n) is 3.52. The number of hydrogen-bond donors (Lipinski definition) is 0. The first-order valence-electron chi connectivity index (χ1n) is 6.64. The Balaban J connectivity index is 2.28. The first-order valence-corrected chi connectivity index (χ1v) is 6.64. The Kier molecular flexibility index (Phi) is 3.97. The first-order chi connectivity index (χ1) is 9.32. The number of para-hydroxylation sites is 1. The molecule has 1 aliphatic heterocycles. The number of rotatable bonds is 2. The van der Waals surface area contributed by atoms with E-state index in [1.807, 2.05) is 31.2 Å². The van der Waals surface area contributed by atoms with E-state index < -0.39 is 17.7 Å². The van der Waals surface area contributed by atoms with Gasteiger partial charge in [-0.15, -0.1) is 0 Å². The van der Waals surface area contributed by atoms with Crippen molar-refractivity contribution in [1.82, 2.24) is 4.90 Å². The Hall–Kier alpha value is -1.65. The molecule has 3 nitrogen and oxygen atoms in total. The first kappa shape index (κ1) is 14.8. The molecule has 2 rings (SSSR count). The van der Waals surface area contributed by atoms with E-state index in [9.17, 15) is 13.6 Å². The van der Waals surface area contributed by atoms with Crippen LogP contribution in [0.25, 0.3) is 0 Å². The molecular formula is C15H19F2NO2. The maximum absolute atomic E-state index is 13.0. The van der Waals surface area contributed by atoms with Gasteiger partial charge in [0.1, 0.15) is 17.3 Å². The predicted octanol–water partition coefficient (Wildman–Crippen LogP) is 3.09. The van der Waals surface area contributed by atoms with Crippen molar-refractivity contribution < 1.29 is 18.3 Å². The third-order valence-corrected chi connectivity index (χ3v) is 3.52. The minimum absolute atomic E-state index is 0.226. The molecule has 1 aliphatic rings. The van der Waals surface area contributed by atoms with Crippen molar-refractivity contribution in [3.63, 3.8) is 0 Å². The van der Waals surface area contributed by atoms with Gasteiger partial charge in [-0.1, -0.05) is 18.2 Å². The molecular weight excluding hydrogens is 264 g/mol. The molecule has 1 aromatic carbocycles. The van der Waals surface area contributed by atoms with Gasteiger partial charge in [0.05, 0.1) is 6.54 Å². The summed E-state index contributed by atoms with van der Waals surface area (Å²) < 4.78 is 31.8. The molecule has 0 aromatic heterocycles. The molecule has 110 valence electrons. The number of alkyl halides is 2. The molecule has 0 aliphatic carbocycles. The number of fused-ring (bicyclic) bond motifs is 1. The van der Waals surface area contributed by atoms with Crippen LogP contribution in [0.3, 0.4) is 0 Å². The topological polar surface area (TPSA) is 29.5 Å². The summed E-state index contributed by atoms with van der Waals surface area (Å²) in [4.78, 5) is 13.8. The van der Waals surface area contributed by atoms with Crippen LogP contribution in [0.15, 0.2) is 24.3 Å². The van der Waals surface area contributed by atoms with Crippen molar-refractivity contribution >= 4 is 5.91 Å². The zero-order valence-corrected chi connectivity index (χ0v) is 11.9. The monoisotopic (exact) mass is 283 g/mol. The molecule has 0 unspecified atom stereocenters. The zero-order valence-electron chi connectivity index (χ0n) is 11.9. The highest BCUT2D eigenvalue weighted by Crippen LogP contribution is 2.31. The summed E-state index contributed by atoms with van der Waals surface area (Å²) in [5, 5.41) is 0. The van der Waals surface area contributed by atoms with Crippen LogP contribution in [0, 0.1) is 5.41 Å². The quantitative estimate of drug-likeness (QED) is 0.834. The van der Waals surface area contributed by atoms with Gasteiger partial charge in [0.25, 0.3) is 6.43 Å². The highest BCUT2D eigenvalue weighted by Gasteiger charge is 2.41. The fraction of sp³-hybridized carbons (Fsp3) is 0.533. The van der Waals surface area contributed by atoms with Crippen LogP contribution < -0.4 is 4.74 Å². The van der Waals surface area contributed by atoms with Gasteiger partial charge in [0.15, 0.2) is 0 Å². The predicted molar refractivity (Wildman–Crippen MR) is 71.7 cm³/mol. The van der Waals surface area contributed by atoms with Gasteiger partial charge in [-0.05, 0) is 26.8 Å². The summed E-state index contributed by atoms with van der Waals surface area (Å²) in [6.07, 6.45) is -2.92. The van der Waals surface area contributed by atoms with Crippen LogP contribution >= 0.6 is 0 Å². The Morgan fingerprint density at radius 3 is 2.70 bits per heavy atom. The number of amides is 1. The SMILES string of the molecule is C[C@H]1CN(C(=O)C(C)(C)C(F)F)Cc2ccccc2O1. The molecule has 0 fully saturated rings. The van der Waals surface area contributed by atoms with E-state index in [-0.39, 0.29) is 6.10 Å². The number of benzene rings is 1. The van der Waals surface area contributed by atoms with E-state index in [0.29, 0.717) is 18.8 Å². The largest absolute Gasteiger partial charge is 0.489 e. The van der Waals surface area contributed by atoms with E-state index in [1.165, 1.54) is 18.7 Å². The van der Waals surface area contributed by atoms with Gasteiger partial charge in [-0.25, -0.2) is 8.78 Å². The number of carbonyl (C=O) groups is 1. The second-order valence-electron chi connectivity index (χ2n) is 5.74. The van der Waals surface area contributed by atoms with Crippen molar-refractivity contribution in [2.45, 2.75) is 39.8 Å². The summed E-state index contributed by atoms with van der Waals surface area (Å²) in [7, 11) is 0. The van der Waals surface area contributed by atoms with Crippen molar-refractivity contribution in [1.29, 1.82) is 0 Å². The molecule has 1 atom stereocenters. The normalized spacial score (nSPS) is 19.3. The van der Waals surface area contributed by atoms with Crippen molar-refractivity contribution in [3.05, 3.63) is 29.8 Å². The summed E-state index contributed by atoms with van der Waals surface area (Å²) in [6.45, 7) is 5.00. The van der Waals surface area contributed by atoms with Gasteiger partial charge < -0.3 is 9.64 Å².